The van der Waals surface area contributed by atoms with Gasteiger partial charge in [0.25, 0.3) is 11.8 Å². The fourth-order valence-corrected chi connectivity index (χ4v) is 4.67. The van der Waals surface area contributed by atoms with Gasteiger partial charge in [0.15, 0.2) is 0 Å². The van der Waals surface area contributed by atoms with Gasteiger partial charge in [-0.3, -0.25) is 14.4 Å². The van der Waals surface area contributed by atoms with E-state index in [-0.39, 0.29) is 24.3 Å². The van der Waals surface area contributed by atoms with Crippen LogP contribution in [-0.2, 0) is 16.0 Å². The molecule has 1 aliphatic rings. The molecule has 1 atom stereocenters. The van der Waals surface area contributed by atoms with E-state index in [4.69, 9.17) is 16.7 Å². The lowest BCUT2D eigenvalue weighted by Crippen LogP contribution is -2.28. The van der Waals surface area contributed by atoms with Crippen molar-refractivity contribution in [2.75, 3.05) is 5.32 Å². The Morgan fingerprint density at radius 1 is 1.14 bits per heavy atom. The van der Waals surface area contributed by atoms with Gasteiger partial charge in [-0.25, -0.2) is 0 Å². The van der Waals surface area contributed by atoms with E-state index in [1.165, 1.54) is 0 Å². The average Bonchev–Trinajstić information content (AvgIpc) is 3.30. The van der Waals surface area contributed by atoms with Crippen LogP contribution in [-0.4, -0.2) is 27.9 Å². The maximum atomic E-state index is 13.1. The van der Waals surface area contributed by atoms with Crippen molar-refractivity contribution in [3.63, 3.8) is 0 Å². The molecule has 2 heterocycles. The number of benzene rings is 2. The van der Waals surface area contributed by atoms with Gasteiger partial charge in [-0.05, 0) is 79.8 Å². The minimum absolute atomic E-state index is 0.0338. The number of carbonyl (C=O) groups is 3. The molecule has 4 N–H and O–H groups in total. The van der Waals surface area contributed by atoms with Crippen LogP contribution < -0.4 is 10.6 Å². The molecule has 0 spiro atoms. The standard InChI is InChI=1S/C28H28ClN3O4/c1-4-23(17-5-8-19(29)9-6-17)31-27(35)18-7-11-24-21(13-18)22(28(36)32-24)14-25-15(2)20(16(3)30-25)10-12-26(33)34/h5-9,11,13-14,23,30H,4,10,12H2,1-3H3,(H,31,35)(H,32,36)(H,33,34). The Hall–Kier alpha value is -3.84. The van der Waals surface area contributed by atoms with E-state index in [0.29, 0.717) is 40.3 Å². The number of nitrogens with one attached hydrogen (secondary N) is 3. The molecule has 2 amide bonds. The highest BCUT2D eigenvalue weighted by molar-refractivity contribution is 6.35. The van der Waals surface area contributed by atoms with E-state index in [9.17, 15) is 14.4 Å². The third kappa shape index (κ3) is 5.21. The summed E-state index contributed by atoms with van der Waals surface area (Å²) in [4.78, 5) is 40.2. The van der Waals surface area contributed by atoms with E-state index >= 15 is 0 Å². The van der Waals surface area contributed by atoms with Crippen molar-refractivity contribution in [1.29, 1.82) is 0 Å². The summed E-state index contributed by atoms with van der Waals surface area (Å²) in [7, 11) is 0. The largest absolute Gasteiger partial charge is 0.481 e. The Bertz CT molecular complexity index is 1370. The molecule has 36 heavy (non-hydrogen) atoms. The van der Waals surface area contributed by atoms with E-state index in [1.54, 1.807) is 36.4 Å². The molecule has 0 saturated carbocycles. The molecule has 4 rings (SSSR count). The minimum atomic E-state index is -0.855. The zero-order valence-electron chi connectivity index (χ0n) is 20.4. The van der Waals surface area contributed by atoms with Crippen LogP contribution >= 0.6 is 11.6 Å². The molecule has 0 aliphatic carbocycles. The fourth-order valence-electron chi connectivity index (χ4n) is 4.54. The maximum Gasteiger partial charge on any atom is 0.303 e. The molecule has 1 aromatic heterocycles. The third-order valence-electron chi connectivity index (χ3n) is 6.56. The van der Waals surface area contributed by atoms with Crippen molar-refractivity contribution in [3.05, 3.63) is 86.7 Å². The summed E-state index contributed by atoms with van der Waals surface area (Å²) >= 11 is 5.99. The van der Waals surface area contributed by atoms with Crippen LogP contribution in [0.5, 0.6) is 0 Å². The Labute approximate surface area is 214 Å². The summed E-state index contributed by atoms with van der Waals surface area (Å²) in [6.45, 7) is 5.80. The molecule has 0 bridgehead atoms. The van der Waals surface area contributed by atoms with Crippen molar-refractivity contribution in [2.24, 2.45) is 0 Å². The molecular formula is C28H28ClN3O4. The van der Waals surface area contributed by atoms with Crippen LogP contribution in [0.15, 0.2) is 42.5 Å². The first-order valence-electron chi connectivity index (χ1n) is 11.8. The van der Waals surface area contributed by atoms with Crippen LogP contribution in [0.2, 0.25) is 5.02 Å². The predicted octanol–water partition coefficient (Wildman–Crippen LogP) is 5.68. The van der Waals surface area contributed by atoms with Crippen molar-refractivity contribution < 1.29 is 19.5 Å². The Balaban J connectivity index is 1.61. The second-order valence-corrected chi connectivity index (χ2v) is 9.36. The van der Waals surface area contributed by atoms with Crippen molar-refractivity contribution in [2.45, 2.75) is 46.1 Å². The monoisotopic (exact) mass is 505 g/mol. The number of amides is 2. The molecule has 0 saturated heterocycles. The summed E-state index contributed by atoms with van der Waals surface area (Å²) < 4.78 is 0. The first-order chi connectivity index (χ1) is 17.2. The number of carbonyl (C=O) groups excluding carboxylic acids is 2. The number of carboxylic acid groups (broad SMARTS) is 1. The van der Waals surface area contributed by atoms with E-state index in [2.05, 4.69) is 15.6 Å². The number of halogens is 1. The van der Waals surface area contributed by atoms with Crippen LogP contribution in [0, 0.1) is 13.8 Å². The number of anilines is 1. The Morgan fingerprint density at radius 2 is 1.86 bits per heavy atom. The topological polar surface area (TPSA) is 111 Å². The van der Waals surface area contributed by atoms with Gasteiger partial charge in [-0.1, -0.05) is 30.7 Å². The minimum Gasteiger partial charge on any atom is -0.481 e. The Morgan fingerprint density at radius 3 is 2.53 bits per heavy atom. The number of aromatic nitrogens is 1. The van der Waals surface area contributed by atoms with Crippen LogP contribution in [0.3, 0.4) is 0 Å². The quantitative estimate of drug-likeness (QED) is 0.295. The number of aryl methyl sites for hydroxylation is 1. The van der Waals surface area contributed by atoms with Crippen molar-refractivity contribution in [1.82, 2.24) is 10.3 Å². The zero-order valence-corrected chi connectivity index (χ0v) is 21.1. The summed E-state index contributed by atoms with van der Waals surface area (Å²) in [5.74, 6) is -1.35. The normalized spacial score (nSPS) is 14.4. The first kappa shape index (κ1) is 25.3. The molecule has 7 nitrogen and oxygen atoms in total. The second-order valence-electron chi connectivity index (χ2n) is 8.92. The third-order valence-corrected chi connectivity index (χ3v) is 6.81. The number of hydrogen-bond acceptors (Lipinski definition) is 3. The van der Waals surface area contributed by atoms with Gasteiger partial charge >= 0.3 is 5.97 Å². The second kappa shape index (κ2) is 10.4. The first-order valence-corrected chi connectivity index (χ1v) is 12.2. The average molecular weight is 506 g/mol. The highest BCUT2D eigenvalue weighted by atomic mass is 35.5. The molecule has 3 aromatic rings. The number of carboxylic acids is 1. The molecule has 8 heteroatoms. The van der Waals surface area contributed by atoms with E-state index in [1.807, 2.05) is 32.9 Å². The SMILES string of the molecule is CCC(NC(=O)c1ccc2c(c1)C(=Cc1[nH]c(C)c(CCC(=O)O)c1C)C(=O)N2)c1ccc(Cl)cc1. The molecule has 186 valence electrons. The van der Waals surface area contributed by atoms with Gasteiger partial charge in [0, 0.05) is 39.6 Å². The van der Waals surface area contributed by atoms with Gasteiger partial charge in [0.2, 0.25) is 0 Å². The maximum absolute atomic E-state index is 13.1. The lowest BCUT2D eigenvalue weighted by Gasteiger charge is -2.18. The molecule has 2 aromatic carbocycles. The summed E-state index contributed by atoms with van der Waals surface area (Å²) in [5, 5.41) is 15.6. The van der Waals surface area contributed by atoms with Gasteiger partial charge in [-0.2, -0.15) is 0 Å². The van der Waals surface area contributed by atoms with Crippen molar-refractivity contribution >= 4 is 46.7 Å². The number of aliphatic carboxylic acids is 1. The zero-order chi connectivity index (χ0) is 26.0. The molecule has 0 radical (unpaired) electrons. The lowest BCUT2D eigenvalue weighted by molar-refractivity contribution is -0.137. The van der Waals surface area contributed by atoms with Crippen molar-refractivity contribution in [3.8, 4) is 0 Å². The smallest absolute Gasteiger partial charge is 0.303 e. The molecule has 0 fully saturated rings. The van der Waals surface area contributed by atoms with Gasteiger partial charge in [0.05, 0.1) is 11.6 Å². The summed E-state index contributed by atoms with van der Waals surface area (Å²) in [5.41, 5.74) is 6.60. The summed E-state index contributed by atoms with van der Waals surface area (Å²) in [6, 6.07) is 12.4. The Kier molecular flexibility index (Phi) is 7.31. The van der Waals surface area contributed by atoms with E-state index in [0.717, 1.165) is 28.1 Å². The highest BCUT2D eigenvalue weighted by Gasteiger charge is 2.26. The highest BCUT2D eigenvalue weighted by Crippen LogP contribution is 2.35. The van der Waals surface area contributed by atoms with E-state index < -0.39 is 5.97 Å². The van der Waals surface area contributed by atoms with Gasteiger partial charge in [-0.15, -0.1) is 0 Å². The number of fused-ring (bicyclic) bond motifs is 1. The van der Waals surface area contributed by atoms with Crippen LogP contribution in [0.1, 0.15) is 69.8 Å². The van der Waals surface area contributed by atoms with Gasteiger partial charge in [0.1, 0.15) is 0 Å². The number of H-pyrrole nitrogens is 1. The molecular weight excluding hydrogens is 478 g/mol. The number of hydrogen-bond donors (Lipinski definition) is 4. The number of aromatic amines is 1. The van der Waals surface area contributed by atoms with Crippen LogP contribution in [0.4, 0.5) is 5.69 Å². The summed E-state index contributed by atoms with van der Waals surface area (Å²) in [6.07, 6.45) is 2.91. The molecule has 1 unspecified atom stereocenters. The fraction of sp³-hybridized carbons (Fsp3) is 0.250. The van der Waals surface area contributed by atoms with Gasteiger partial charge < -0.3 is 20.7 Å². The molecule has 1 aliphatic heterocycles. The van der Waals surface area contributed by atoms with Crippen LogP contribution in [0.25, 0.3) is 11.6 Å². The number of rotatable bonds is 8. The predicted molar refractivity (Wildman–Crippen MR) is 141 cm³/mol. The lowest BCUT2D eigenvalue weighted by atomic mass is 10.00.